The van der Waals surface area contributed by atoms with Gasteiger partial charge in [-0.1, -0.05) is 34.1 Å². The zero-order valence-electron chi connectivity index (χ0n) is 17.1. The van der Waals surface area contributed by atoms with E-state index >= 15 is 0 Å². The molecule has 0 saturated carbocycles. The number of aliphatic imine (C=N–C) groups is 1. The van der Waals surface area contributed by atoms with Crippen LogP contribution in [0.4, 0.5) is 0 Å². The smallest absolute Gasteiger partial charge is 0.363 e. The summed E-state index contributed by atoms with van der Waals surface area (Å²) >= 11 is 12.8. The molecule has 0 bridgehead atoms. The van der Waals surface area contributed by atoms with Gasteiger partial charge in [0.2, 0.25) is 5.90 Å². The second-order valence-corrected chi connectivity index (χ2v) is 10.6. The number of nitrogens with zero attached hydrogens (tertiary/aromatic N) is 1. The lowest BCUT2D eigenvalue weighted by atomic mass is 10.1. The van der Waals surface area contributed by atoms with Gasteiger partial charge in [0, 0.05) is 23.6 Å². The molecule has 1 heterocycles. The molecule has 0 radical (unpaired) electrons. The Hall–Kier alpha value is -1.69. The Balaban J connectivity index is 1.60. The minimum Gasteiger partial charge on any atom is -0.493 e. The summed E-state index contributed by atoms with van der Waals surface area (Å²) in [6.07, 6.45) is 1.65. The molecule has 168 valence electrons. The summed E-state index contributed by atoms with van der Waals surface area (Å²) in [4.78, 5) is 16.8. The van der Waals surface area contributed by atoms with Gasteiger partial charge in [-0.2, -0.15) is 0 Å². The van der Waals surface area contributed by atoms with Crippen molar-refractivity contribution in [2.45, 2.75) is 6.61 Å². The van der Waals surface area contributed by atoms with Crippen LogP contribution < -0.4 is 9.47 Å². The predicted molar refractivity (Wildman–Crippen MR) is 147 cm³/mol. The third kappa shape index (κ3) is 5.70. The lowest BCUT2D eigenvalue weighted by Crippen LogP contribution is -2.05. The van der Waals surface area contributed by atoms with Gasteiger partial charge >= 0.3 is 5.97 Å². The number of esters is 1. The molecule has 0 aromatic heterocycles. The molecule has 9 heteroatoms. The maximum atomic E-state index is 12.4. The Bertz CT molecular complexity index is 1310. The molecule has 4 rings (SSSR count). The van der Waals surface area contributed by atoms with E-state index in [9.17, 15) is 4.79 Å². The van der Waals surface area contributed by atoms with Crippen molar-refractivity contribution in [2.75, 3.05) is 7.11 Å². The van der Waals surface area contributed by atoms with E-state index in [-0.39, 0.29) is 11.6 Å². The first kappa shape index (κ1) is 24.4. The molecule has 1 aliphatic rings. The number of benzene rings is 3. The average molecular weight is 748 g/mol. The van der Waals surface area contributed by atoms with Crippen LogP contribution in [0.2, 0.25) is 0 Å². The van der Waals surface area contributed by atoms with E-state index in [1.807, 2.05) is 48.5 Å². The molecular weight excluding hydrogens is 733 g/mol. The van der Waals surface area contributed by atoms with Crippen LogP contribution in [0, 0.1) is 3.57 Å². The van der Waals surface area contributed by atoms with Gasteiger partial charge in [0.25, 0.3) is 0 Å². The number of carbonyl (C=O) groups is 1. The predicted octanol–water partition coefficient (Wildman–Crippen LogP) is 7.51. The maximum absolute atomic E-state index is 12.4. The Morgan fingerprint density at radius 1 is 1.03 bits per heavy atom. The summed E-state index contributed by atoms with van der Waals surface area (Å²) in [7, 11) is 1.57. The molecule has 3 aromatic carbocycles. The lowest BCUT2D eigenvalue weighted by molar-refractivity contribution is -0.129. The van der Waals surface area contributed by atoms with Gasteiger partial charge in [-0.15, -0.1) is 0 Å². The average Bonchev–Trinajstić information content (AvgIpc) is 3.15. The van der Waals surface area contributed by atoms with Gasteiger partial charge in [-0.3, -0.25) is 0 Å². The Morgan fingerprint density at radius 2 is 1.82 bits per heavy atom. The van der Waals surface area contributed by atoms with Crippen LogP contribution in [0.3, 0.4) is 0 Å². The largest absolute Gasteiger partial charge is 0.493 e. The molecule has 33 heavy (non-hydrogen) atoms. The molecule has 0 aliphatic carbocycles. The molecule has 1 aliphatic heterocycles. The number of cyclic esters (lactones) is 1. The van der Waals surface area contributed by atoms with Crippen molar-refractivity contribution in [2.24, 2.45) is 4.99 Å². The quantitative estimate of drug-likeness (QED) is 0.149. The van der Waals surface area contributed by atoms with E-state index in [1.165, 1.54) is 0 Å². The van der Waals surface area contributed by atoms with Crippen molar-refractivity contribution < 1.29 is 19.0 Å². The zero-order valence-corrected chi connectivity index (χ0v) is 24.0. The van der Waals surface area contributed by atoms with Crippen LogP contribution in [-0.4, -0.2) is 19.0 Å². The Labute approximate surface area is 229 Å². The maximum Gasteiger partial charge on any atom is 0.363 e. The first-order valence-corrected chi connectivity index (χ1v) is 13.0. The lowest BCUT2D eigenvalue weighted by Gasteiger charge is -2.14. The van der Waals surface area contributed by atoms with E-state index in [1.54, 1.807) is 19.3 Å². The monoisotopic (exact) mass is 745 g/mol. The number of halogens is 4. The van der Waals surface area contributed by atoms with Crippen molar-refractivity contribution in [1.29, 1.82) is 0 Å². The number of rotatable bonds is 6. The molecule has 5 nitrogen and oxygen atoms in total. The molecule has 0 fully saturated rings. The standard InChI is InChI=1S/C24H15Br3INO4/c1-31-21-10-13(8-18(27)22(21)32-12-15-4-2-3-5-16(15)25)9-20-24(30)33-23(29-20)14-6-7-19(28)17(26)11-14/h2-11H,12H2,1H3/b20-9-. The van der Waals surface area contributed by atoms with Gasteiger partial charge in [-0.05, 0) is 102 Å². The third-order valence-corrected chi connectivity index (χ3v) is 8.37. The first-order chi connectivity index (χ1) is 15.9. The van der Waals surface area contributed by atoms with Crippen LogP contribution >= 0.6 is 70.4 Å². The fourth-order valence-electron chi connectivity index (χ4n) is 3.05. The highest BCUT2D eigenvalue weighted by Crippen LogP contribution is 2.38. The molecule has 0 unspecified atom stereocenters. The topological polar surface area (TPSA) is 57.1 Å². The van der Waals surface area contributed by atoms with Crippen molar-refractivity contribution in [1.82, 2.24) is 0 Å². The summed E-state index contributed by atoms with van der Waals surface area (Å²) in [5, 5.41) is 0. The van der Waals surface area contributed by atoms with E-state index < -0.39 is 5.97 Å². The minimum atomic E-state index is -0.510. The molecule has 0 spiro atoms. The van der Waals surface area contributed by atoms with Gasteiger partial charge in [0.1, 0.15) is 6.61 Å². The van der Waals surface area contributed by atoms with E-state index in [4.69, 9.17) is 14.2 Å². The Morgan fingerprint density at radius 3 is 2.55 bits per heavy atom. The SMILES string of the molecule is COc1cc(/C=C2\N=C(c3ccc(I)c(Br)c3)OC2=O)cc(Br)c1OCc1ccccc1Br. The second kappa shape index (κ2) is 10.7. The number of hydrogen-bond donors (Lipinski definition) is 0. The van der Waals surface area contributed by atoms with Crippen LogP contribution in [0.5, 0.6) is 11.5 Å². The Kier molecular flexibility index (Phi) is 7.93. The number of carbonyl (C=O) groups excluding carboxylic acids is 1. The highest BCUT2D eigenvalue weighted by Gasteiger charge is 2.25. The van der Waals surface area contributed by atoms with Crippen molar-refractivity contribution in [3.63, 3.8) is 0 Å². The van der Waals surface area contributed by atoms with Crippen LogP contribution in [-0.2, 0) is 16.1 Å². The molecule has 0 saturated heterocycles. The molecular formula is C24H15Br3INO4. The second-order valence-electron chi connectivity index (χ2n) is 6.88. The van der Waals surface area contributed by atoms with Crippen LogP contribution in [0.1, 0.15) is 16.7 Å². The van der Waals surface area contributed by atoms with Gasteiger partial charge in [-0.25, -0.2) is 9.79 Å². The fourth-order valence-corrected chi connectivity index (χ4v) is 4.74. The highest BCUT2D eigenvalue weighted by atomic mass is 127. The third-order valence-electron chi connectivity index (χ3n) is 4.67. The highest BCUT2D eigenvalue weighted by molar-refractivity contribution is 14.1. The van der Waals surface area contributed by atoms with Gasteiger partial charge < -0.3 is 14.2 Å². The molecule has 0 atom stereocenters. The number of methoxy groups -OCH3 is 1. The first-order valence-electron chi connectivity index (χ1n) is 9.57. The summed E-state index contributed by atoms with van der Waals surface area (Å²) in [5.41, 5.74) is 2.65. The molecule has 0 N–H and O–H groups in total. The van der Waals surface area contributed by atoms with Crippen LogP contribution in [0.25, 0.3) is 6.08 Å². The summed E-state index contributed by atoms with van der Waals surface area (Å²) < 4.78 is 20.6. The fraction of sp³-hybridized carbons (Fsp3) is 0.0833. The van der Waals surface area contributed by atoms with Crippen molar-refractivity contribution >= 4 is 88.3 Å². The van der Waals surface area contributed by atoms with Crippen molar-refractivity contribution in [3.05, 3.63) is 94.0 Å². The summed E-state index contributed by atoms with van der Waals surface area (Å²) in [6.45, 7) is 0.363. The van der Waals surface area contributed by atoms with Gasteiger partial charge in [0.05, 0.1) is 11.6 Å². The van der Waals surface area contributed by atoms with Crippen LogP contribution in [0.15, 0.2) is 78.7 Å². The summed E-state index contributed by atoms with van der Waals surface area (Å²) in [5.74, 6) is 0.851. The minimum absolute atomic E-state index is 0.204. The summed E-state index contributed by atoms with van der Waals surface area (Å²) in [6, 6.07) is 17.1. The zero-order chi connectivity index (χ0) is 23.5. The molecule has 0 amide bonds. The van der Waals surface area contributed by atoms with E-state index in [0.29, 0.717) is 33.7 Å². The molecule has 3 aromatic rings. The van der Waals surface area contributed by atoms with Crippen molar-refractivity contribution in [3.8, 4) is 11.5 Å². The normalized spacial score (nSPS) is 14.3. The number of ether oxygens (including phenoxy) is 3. The number of hydrogen-bond acceptors (Lipinski definition) is 5. The van der Waals surface area contributed by atoms with Gasteiger partial charge in [0.15, 0.2) is 17.2 Å². The van der Waals surface area contributed by atoms with E-state index in [2.05, 4.69) is 75.4 Å². The van der Waals surface area contributed by atoms with E-state index in [0.717, 1.165) is 18.1 Å².